The van der Waals surface area contributed by atoms with E-state index in [9.17, 15) is 0 Å². The van der Waals surface area contributed by atoms with Crippen molar-refractivity contribution >= 4 is 65.4 Å². The second-order valence-electron chi connectivity index (χ2n) is 12.6. The molecule has 0 aliphatic carbocycles. The molecule has 0 aliphatic rings. The van der Waals surface area contributed by atoms with Gasteiger partial charge < -0.3 is 4.98 Å². The number of nitrogens with zero attached hydrogens (tertiary/aromatic N) is 5. The average molecular weight is 655 g/mol. The van der Waals surface area contributed by atoms with Crippen molar-refractivity contribution in [3.8, 4) is 23.0 Å². The van der Waals surface area contributed by atoms with Crippen LogP contribution >= 0.6 is 0 Å². The molecule has 11 rings (SSSR count). The van der Waals surface area contributed by atoms with E-state index in [1.807, 2.05) is 18.3 Å². The first-order chi connectivity index (χ1) is 25.3. The topological polar surface area (TPSA) is 64.3 Å². The van der Waals surface area contributed by atoms with Crippen molar-refractivity contribution in [2.45, 2.75) is 0 Å². The van der Waals surface area contributed by atoms with Gasteiger partial charge in [0.25, 0.3) is 0 Å². The molecule has 0 saturated carbocycles. The number of benzene rings is 6. The number of nitrogens with one attached hydrogen (secondary N) is 1. The van der Waals surface area contributed by atoms with E-state index in [1.54, 1.807) is 6.20 Å². The third kappa shape index (κ3) is 4.76. The third-order valence-corrected chi connectivity index (χ3v) is 9.66. The molecule has 0 fully saturated rings. The third-order valence-electron chi connectivity index (χ3n) is 9.66. The Balaban J connectivity index is 0.000000210. The highest BCUT2D eigenvalue weighted by molar-refractivity contribution is 6.10. The maximum atomic E-state index is 5.24. The second kappa shape index (κ2) is 11.8. The minimum atomic E-state index is 0.626. The summed E-state index contributed by atoms with van der Waals surface area (Å²) in [7, 11) is 0. The van der Waals surface area contributed by atoms with Gasteiger partial charge in [-0.3, -0.25) is 14.1 Å². The lowest BCUT2D eigenvalue weighted by Gasteiger charge is -2.13. The summed E-state index contributed by atoms with van der Waals surface area (Å²) in [5.74, 6) is 1.44. The molecule has 0 unspecified atom stereocenters. The molecule has 5 heterocycles. The number of H-pyrrole nitrogens is 1. The quantitative estimate of drug-likeness (QED) is 0.206. The number of fused-ring (bicyclic) bond motifs is 9. The van der Waals surface area contributed by atoms with Crippen LogP contribution in [0.15, 0.2) is 176 Å². The maximum Gasteiger partial charge on any atom is 0.237 e. The van der Waals surface area contributed by atoms with Gasteiger partial charge in [0.05, 0.1) is 27.8 Å². The van der Waals surface area contributed by atoms with Crippen LogP contribution in [0.3, 0.4) is 0 Å². The van der Waals surface area contributed by atoms with Gasteiger partial charge in [-0.05, 0) is 48.5 Å². The first-order valence-corrected chi connectivity index (χ1v) is 17.0. The molecule has 0 atom stereocenters. The molecule has 0 bridgehead atoms. The molecular formula is C45H30N6. The molecule has 0 spiro atoms. The van der Waals surface area contributed by atoms with Crippen LogP contribution in [0.25, 0.3) is 88.4 Å². The lowest BCUT2D eigenvalue weighted by atomic mass is 10.2. The molecule has 0 aliphatic heterocycles. The van der Waals surface area contributed by atoms with Crippen molar-refractivity contribution in [1.82, 2.24) is 29.1 Å². The highest BCUT2D eigenvalue weighted by atomic mass is 15.2. The molecule has 11 aromatic rings. The number of hydrogen-bond acceptors (Lipinski definition) is 3. The highest BCUT2D eigenvalue weighted by Crippen LogP contribution is 2.35. The van der Waals surface area contributed by atoms with Crippen molar-refractivity contribution in [3.05, 3.63) is 176 Å². The number of aromatic nitrogens is 6. The number of para-hydroxylation sites is 6. The van der Waals surface area contributed by atoms with Gasteiger partial charge in [0.2, 0.25) is 5.95 Å². The summed E-state index contributed by atoms with van der Waals surface area (Å²) in [6, 6.07) is 56.7. The van der Waals surface area contributed by atoms with Crippen molar-refractivity contribution in [3.63, 3.8) is 0 Å². The van der Waals surface area contributed by atoms with Gasteiger partial charge in [-0.15, -0.1) is 0 Å². The second-order valence-corrected chi connectivity index (χ2v) is 12.6. The van der Waals surface area contributed by atoms with Gasteiger partial charge >= 0.3 is 0 Å². The number of rotatable bonds is 3. The smallest absolute Gasteiger partial charge is 0.237 e. The van der Waals surface area contributed by atoms with E-state index in [-0.39, 0.29) is 0 Å². The molecular weight excluding hydrogens is 625 g/mol. The zero-order valence-corrected chi connectivity index (χ0v) is 27.5. The molecule has 5 aromatic heterocycles. The molecule has 0 radical (unpaired) electrons. The van der Waals surface area contributed by atoms with Crippen molar-refractivity contribution in [1.29, 1.82) is 0 Å². The standard InChI is InChI=1S/C33H21N5.C12H9N/c1-5-15-28-23(11-1)24-12-2-6-16-29(24)37(28)32-20-27(22-10-9-19-34-21-22)35-33(36-32)38-30-17-7-3-13-25(30)26-14-4-8-18-31(26)38;1-3-7-11-9(5-1)10-6-2-4-8-12(10)13-11/h1-21H;1-8,13H. The van der Waals surface area contributed by atoms with Gasteiger partial charge in [0.15, 0.2) is 0 Å². The van der Waals surface area contributed by atoms with Crippen molar-refractivity contribution < 1.29 is 0 Å². The van der Waals surface area contributed by atoms with E-state index in [1.165, 1.54) is 43.4 Å². The Kier molecular flexibility index (Phi) is 6.70. The summed E-state index contributed by atoms with van der Waals surface area (Å²) >= 11 is 0. The van der Waals surface area contributed by atoms with Crippen LogP contribution in [-0.2, 0) is 0 Å². The number of hydrogen-bond donors (Lipinski definition) is 1. The maximum absolute atomic E-state index is 5.24. The Morgan fingerprint density at radius 1 is 0.412 bits per heavy atom. The fourth-order valence-electron chi connectivity index (χ4n) is 7.41. The number of pyridine rings is 1. The summed E-state index contributed by atoms with van der Waals surface area (Å²) in [5, 5.41) is 7.36. The lowest BCUT2D eigenvalue weighted by Crippen LogP contribution is -2.07. The normalized spacial score (nSPS) is 11.5. The van der Waals surface area contributed by atoms with Gasteiger partial charge in [-0.1, -0.05) is 109 Å². The first kappa shape index (κ1) is 28.9. The molecule has 0 amide bonds. The summed E-state index contributed by atoms with van der Waals surface area (Å²) < 4.78 is 4.41. The molecule has 51 heavy (non-hydrogen) atoms. The van der Waals surface area contributed by atoms with Crippen LogP contribution in [0.4, 0.5) is 0 Å². The van der Waals surface area contributed by atoms with Crippen LogP contribution < -0.4 is 0 Å². The molecule has 240 valence electrons. The molecule has 6 heteroatoms. The SMILES string of the molecule is c1ccc2c(c1)[nH]c1ccccc12.c1cncc(-c2cc(-n3c4ccccc4c4ccccc43)nc(-n3c4ccccc4c4ccccc43)n2)c1. The van der Waals surface area contributed by atoms with Gasteiger partial charge in [-0.25, -0.2) is 4.98 Å². The molecule has 0 saturated heterocycles. The van der Waals surface area contributed by atoms with Crippen LogP contribution in [0.2, 0.25) is 0 Å². The zero-order valence-electron chi connectivity index (χ0n) is 27.5. The number of aromatic amines is 1. The van der Waals surface area contributed by atoms with Crippen LogP contribution in [-0.4, -0.2) is 29.1 Å². The Bertz CT molecular complexity index is 2750. The minimum absolute atomic E-state index is 0.626. The molecule has 6 nitrogen and oxygen atoms in total. The zero-order chi connectivity index (χ0) is 33.7. The fraction of sp³-hybridized carbons (Fsp3) is 0. The van der Waals surface area contributed by atoms with E-state index in [4.69, 9.17) is 9.97 Å². The Hall–Kier alpha value is -7.05. The predicted octanol–water partition coefficient (Wildman–Crippen LogP) is 11.1. The van der Waals surface area contributed by atoms with E-state index in [2.05, 4.69) is 171 Å². The fourth-order valence-corrected chi connectivity index (χ4v) is 7.41. The van der Waals surface area contributed by atoms with Crippen LogP contribution in [0, 0.1) is 0 Å². The Labute approximate surface area is 292 Å². The van der Waals surface area contributed by atoms with E-state index >= 15 is 0 Å². The summed E-state index contributed by atoms with van der Waals surface area (Å²) in [6.07, 6.45) is 3.64. The highest BCUT2D eigenvalue weighted by Gasteiger charge is 2.19. The molecule has 1 N–H and O–H groups in total. The van der Waals surface area contributed by atoms with E-state index in [0.717, 1.165) is 39.1 Å². The van der Waals surface area contributed by atoms with Gasteiger partial charge in [0, 0.05) is 67.4 Å². The van der Waals surface area contributed by atoms with E-state index in [0.29, 0.717) is 5.95 Å². The largest absolute Gasteiger partial charge is 0.355 e. The van der Waals surface area contributed by atoms with Crippen LogP contribution in [0.5, 0.6) is 0 Å². The van der Waals surface area contributed by atoms with Crippen LogP contribution in [0.1, 0.15) is 0 Å². The minimum Gasteiger partial charge on any atom is -0.355 e. The van der Waals surface area contributed by atoms with Gasteiger partial charge in [0.1, 0.15) is 5.82 Å². The Morgan fingerprint density at radius 2 is 0.863 bits per heavy atom. The summed E-state index contributed by atoms with van der Waals surface area (Å²) in [4.78, 5) is 18.1. The molecule has 6 aromatic carbocycles. The Morgan fingerprint density at radius 3 is 1.35 bits per heavy atom. The van der Waals surface area contributed by atoms with Gasteiger partial charge in [-0.2, -0.15) is 4.98 Å². The lowest BCUT2D eigenvalue weighted by molar-refractivity contribution is 0.951. The summed E-state index contributed by atoms with van der Waals surface area (Å²) in [6.45, 7) is 0. The predicted molar refractivity (Wildman–Crippen MR) is 210 cm³/mol. The monoisotopic (exact) mass is 654 g/mol. The van der Waals surface area contributed by atoms with Crippen molar-refractivity contribution in [2.24, 2.45) is 0 Å². The van der Waals surface area contributed by atoms with Crippen molar-refractivity contribution in [2.75, 3.05) is 0 Å². The van der Waals surface area contributed by atoms with E-state index < -0.39 is 0 Å². The summed E-state index contributed by atoms with van der Waals surface area (Å²) in [5.41, 5.74) is 8.55. The first-order valence-electron chi connectivity index (χ1n) is 17.0. The average Bonchev–Trinajstić information content (AvgIpc) is 3.86.